The average molecular weight is 601 g/mol. The topological polar surface area (TPSA) is 109 Å². The lowest BCUT2D eigenvalue weighted by atomic mass is 9.93. The molecular weight excluding hydrogens is 552 g/mol. The van der Waals surface area contributed by atoms with E-state index in [-0.39, 0.29) is 48.9 Å². The summed E-state index contributed by atoms with van der Waals surface area (Å²) in [6, 6.07) is 8.46. The summed E-state index contributed by atoms with van der Waals surface area (Å²) in [6.07, 6.45) is -0.802. The van der Waals surface area contributed by atoms with Crippen LogP contribution in [0.25, 0.3) is 0 Å². The van der Waals surface area contributed by atoms with Crippen LogP contribution >= 0.6 is 0 Å². The van der Waals surface area contributed by atoms with Crippen LogP contribution in [0.5, 0.6) is 0 Å². The molecule has 3 aliphatic rings. The smallest absolute Gasteiger partial charge is 0.436 e. The van der Waals surface area contributed by atoms with Crippen molar-refractivity contribution in [3.05, 3.63) is 35.9 Å². The maximum Gasteiger partial charge on any atom is 0.436 e. The zero-order chi connectivity index (χ0) is 31.5. The Morgan fingerprint density at radius 2 is 1.56 bits per heavy atom. The van der Waals surface area contributed by atoms with Gasteiger partial charge < -0.3 is 24.2 Å². The molecule has 3 aliphatic heterocycles. The summed E-state index contributed by atoms with van der Waals surface area (Å²) in [5.41, 5.74) is 0.235. The minimum absolute atomic E-state index is 0.0518. The summed E-state index contributed by atoms with van der Waals surface area (Å²) in [5, 5.41) is 1.18. The molecule has 238 valence electrons. The van der Waals surface area contributed by atoms with Crippen LogP contribution in [0.2, 0.25) is 0 Å². The normalized spacial score (nSPS) is 23.6. The molecule has 1 aromatic carbocycles. The quantitative estimate of drug-likeness (QED) is 0.443. The van der Waals surface area contributed by atoms with Crippen LogP contribution in [0, 0.1) is 11.8 Å². The van der Waals surface area contributed by atoms with Gasteiger partial charge in [-0.1, -0.05) is 58.0 Å². The molecular formula is C32H48N4O7. The number of likely N-dealkylation sites (tertiary alicyclic amines) is 1. The molecule has 0 radical (unpaired) electrons. The molecule has 1 aromatic rings. The van der Waals surface area contributed by atoms with Gasteiger partial charge >= 0.3 is 12.2 Å². The molecule has 4 rings (SSSR count). The van der Waals surface area contributed by atoms with Gasteiger partial charge in [-0.3, -0.25) is 14.4 Å². The van der Waals surface area contributed by atoms with Crippen LogP contribution in [0.4, 0.5) is 9.59 Å². The first-order valence-electron chi connectivity index (χ1n) is 15.5. The van der Waals surface area contributed by atoms with Crippen molar-refractivity contribution < 1.29 is 33.5 Å². The van der Waals surface area contributed by atoms with Crippen molar-refractivity contribution in [2.45, 2.75) is 111 Å². The first kappa shape index (κ1) is 32.6. The van der Waals surface area contributed by atoms with Crippen molar-refractivity contribution in [1.82, 2.24) is 19.8 Å². The molecule has 3 heterocycles. The molecule has 0 unspecified atom stereocenters. The number of rotatable bonds is 7. The molecule has 0 aliphatic carbocycles. The number of fused-ring (bicyclic) bond motifs is 1. The van der Waals surface area contributed by atoms with Crippen molar-refractivity contribution in [2.24, 2.45) is 11.8 Å². The number of hydroxylamine groups is 2. The number of hydrogen-bond donors (Lipinski definition) is 0. The van der Waals surface area contributed by atoms with E-state index in [1.807, 2.05) is 78.8 Å². The Morgan fingerprint density at radius 3 is 2.14 bits per heavy atom. The number of carbonyl (C=O) groups excluding carboxylic acids is 4. The van der Waals surface area contributed by atoms with Crippen molar-refractivity contribution in [2.75, 3.05) is 19.6 Å². The number of amides is 4. The maximum atomic E-state index is 14.1. The Bertz CT molecular complexity index is 1140. The highest BCUT2D eigenvalue weighted by atomic mass is 16.7. The maximum absolute atomic E-state index is 14.1. The highest BCUT2D eigenvalue weighted by Crippen LogP contribution is 2.34. The third-order valence-electron chi connectivity index (χ3n) is 7.95. The molecule has 11 heteroatoms. The van der Waals surface area contributed by atoms with Crippen molar-refractivity contribution in [3.8, 4) is 0 Å². The summed E-state index contributed by atoms with van der Waals surface area (Å²) in [6.45, 7) is 14.6. The van der Waals surface area contributed by atoms with Crippen molar-refractivity contribution in [1.29, 1.82) is 0 Å². The number of benzene rings is 1. The number of piperidine rings is 1. The van der Waals surface area contributed by atoms with E-state index in [0.717, 1.165) is 5.56 Å². The van der Waals surface area contributed by atoms with Crippen molar-refractivity contribution >= 4 is 24.0 Å². The third-order valence-corrected chi connectivity index (χ3v) is 7.95. The second-order valence-electron chi connectivity index (χ2n) is 13.7. The van der Waals surface area contributed by atoms with Gasteiger partial charge in [0, 0.05) is 19.1 Å². The van der Waals surface area contributed by atoms with E-state index in [0.29, 0.717) is 38.8 Å². The first-order chi connectivity index (χ1) is 20.2. The Balaban J connectivity index is 1.58. The van der Waals surface area contributed by atoms with Crippen LogP contribution in [0.3, 0.4) is 0 Å². The number of carbonyl (C=O) groups is 4. The fraction of sp³-hybridized carbons (Fsp3) is 0.688. The summed E-state index contributed by atoms with van der Waals surface area (Å²) >= 11 is 0. The van der Waals surface area contributed by atoms with E-state index in [1.165, 1.54) is 5.06 Å². The minimum Gasteiger partial charge on any atom is -0.444 e. The van der Waals surface area contributed by atoms with E-state index in [2.05, 4.69) is 0 Å². The highest BCUT2D eigenvalue weighted by molar-refractivity contribution is 5.92. The molecule has 3 saturated heterocycles. The Kier molecular flexibility index (Phi) is 10.2. The summed E-state index contributed by atoms with van der Waals surface area (Å²) in [7, 11) is 0. The Labute approximate surface area is 255 Å². The molecule has 4 amide bonds. The predicted octanol–water partition coefficient (Wildman–Crippen LogP) is 4.80. The molecule has 3 fully saturated rings. The fourth-order valence-electron chi connectivity index (χ4n) is 5.97. The van der Waals surface area contributed by atoms with Crippen LogP contribution in [-0.2, 0) is 30.5 Å². The Hall–Kier alpha value is -3.34. The SMILES string of the molecule is CC(C)C[C@H]1ON(C(=O)OCc2ccccc2)[C@H]2CN(C3CCN(C(=O)OC(C)(C)C)CC3)C(=O)[C@H](CC(C)C)N2C1=O. The molecule has 0 bridgehead atoms. The summed E-state index contributed by atoms with van der Waals surface area (Å²) < 4.78 is 11.2. The average Bonchev–Trinajstić information content (AvgIpc) is 2.93. The zero-order valence-electron chi connectivity index (χ0n) is 26.7. The van der Waals surface area contributed by atoms with Crippen LogP contribution in [0.1, 0.15) is 79.7 Å². The second kappa shape index (κ2) is 13.5. The van der Waals surface area contributed by atoms with Gasteiger partial charge in [-0.05, 0) is 63.9 Å². The van der Waals surface area contributed by atoms with Gasteiger partial charge in [0.15, 0.2) is 12.3 Å². The molecule has 0 N–H and O–H groups in total. The largest absolute Gasteiger partial charge is 0.444 e. The predicted molar refractivity (Wildman–Crippen MR) is 159 cm³/mol. The lowest BCUT2D eigenvalue weighted by molar-refractivity contribution is -0.270. The molecule has 43 heavy (non-hydrogen) atoms. The van der Waals surface area contributed by atoms with Crippen LogP contribution in [-0.4, -0.2) is 93.4 Å². The summed E-state index contributed by atoms with van der Waals surface area (Å²) in [4.78, 5) is 65.4. The second-order valence-corrected chi connectivity index (χ2v) is 13.7. The van der Waals surface area contributed by atoms with E-state index < -0.39 is 30.0 Å². The van der Waals surface area contributed by atoms with Gasteiger partial charge in [0.25, 0.3) is 5.91 Å². The highest BCUT2D eigenvalue weighted by Gasteiger charge is 2.54. The lowest BCUT2D eigenvalue weighted by Crippen LogP contribution is -2.74. The standard InChI is InChI=1S/C32H48N4O7/c1-21(2)17-25-28(37)34(24-13-15-33(16-14-24)30(39)42-32(5,6)7)19-27-35(25)29(38)26(18-22(3)4)43-36(27)31(40)41-20-23-11-9-8-10-12-23/h8-12,21-22,24-27H,13-20H2,1-7H3/t25-,26+,27-/m0/s1. The number of hydrogen-bond acceptors (Lipinski definition) is 7. The first-order valence-corrected chi connectivity index (χ1v) is 15.5. The van der Waals surface area contributed by atoms with Gasteiger partial charge in [-0.2, -0.15) is 5.06 Å². The van der Waals surface area contributed by atoms with Crippen molar-refractivity contribution in [3.63, 3.8) is 0 Å². The van der Waals surface area contributed by atoms with E-state index in [9.17, 15) is 19.2 Å². The molecule has 0 spiro atoms. The number of nitrogens with zero attached hydrogens (tertiary/aromatic N) is 4. The number of piperazine rings is 1. The monoisotopic (exact) mass is 600 g/mol. The minimum atomic E-state index is -0.897. The zero-order valence-corrected chi connectivity index (χ0v) is 26.7. The molecule has 11 nitrogen and oxygen atoms in total. The fourth-order valence-corrected chi connectivity index (χ4v) is 5.97. The third kappa shape index (κ3) is 7.99. The van der Waals surface area contributed by atoms with E-state index in [4.69, 9.17) is 14.3 Å². The van der Waals surface area contributed by atoms with E-state index >= 15 is 0 Å². The van der Waals surface area contributed by atoms with Crippen LogP contribution < -0.4 is 0 Å². The molecule has 3 atom stereocenters. The van der Waals surface area contributed by atoms with Crippen LogP contribution in [0.15, 0.2) is 30.3 Å². The van der Waals surface area contributed by atoms with E-state index in [1.54, 1.807) is 14.7 Å². The van der Waals surface area contributed by atoms with Gasteiger partial charge in [-0.15, -0.1) is 0 Å². The van der Waals surface area contributed by atoms with Gasteiger partial charge in [0.2, 0.25) is 5.91 Å². The molecule has 0 saturated carbocycles. The Morgan fingerprint density at radius 1 is 0.930 bits per heavy atom. The lowest BCUT2D eigenvalue weighted by Gasteiger charge is -2.54. The van der Waals surface area contributed by atoms with Gasteiger partial charge in [-0.25, -0.2) is 9.59 Å². The molecule has 0 aromatic heterocycles. The number of ether oxygens (including phenoxy) is 2. The van der Waals surface area contributed by atoms with Gasteiger partial charge in [0.1, 0.15) is 18.2 Å². The summed E-state index contributed by atoms with van der Waals surface area (Å²) in [5.74, 6) is -0.148. The van der Waals surface area contributed by atoms with Gasteiger partial charge in [0.05, 0.1) is 6.54 Å².